The van der Waals surface area contributed by atoms with Gasteiger partial charge in [0.15, 0.2) is 0 Å². The highest BCUT2D eigenvalue weighted by molar-refractivity contribution is 6.65. The van der Waals surface area contributed by atoms with Crippen molar-refractivity contribution in [2.45, 2.75) is 38.9 Å². The largest absolute Gasteiger partial charge is 0.495 e. The molecule has 0 radical (unpaired) electrons. The Labute approximate surface area is 234 Å². The molecular formula is C36H30BNO2. The van der Waals surface area contributed by atoms with Gasteiger partial charge in [-0.1, -0.05) is 91.0 Å². The zero-order valence-electron chi connectivity index (χ0n) is 23.2. The fraction of sp³-hybridized carbons (Fsp3) is 0.167. The van der Waals surface area contributed by atoms with Crippen molar-refractivity contribution in [3.63, 3.8) is 0 Å². The van der Waals surface area contributed by atoms with E-state index in [0.717, 1.165) is 5.46 Å². The summed E-state index contributed by atoms with van der Waals surface area (Å²) in [6, 6.07) is 39.6. The Morgan fingerprint density at radius 3 is 1.93 bits per heavy atom. The SMILES string of the molecule is CC1(C)OB(c2cccc3cc4c(cc23)c2ccc3ccccc3c2n4-c2cccc3ccccc23)OC1(C)C. The Morgan fingerprint density at radius 1 is 0.525 bits per heavy atom. The van der Waals surface area contributed by atoms with Gasteiger partial charge in [-0.05, 0) is 72.9 Å². The normalized spacial score (nSPS) is 16.6. The topological polar surface area (TPSA) is 23.4 Å². The molecule has 1 saturated heterocycles. The van der Waals surface area contributed by atoms with E-state index in [1.807, 2.05) is 0 Å². The van der Waals surface area contributed by atoms with Crippen LogP contribution >= 0.6 is 0 Å². The number of benzene rings is 6. The molecule has 194 valence electrons. The van der Waals surface area contributed by atoms with Crippen molar-refractivity contribution in [1.82, 2.24) is 4.57 Å². The van der Waals surface area contributed by atoms with Gasteiger partial charge < -0.3 is 13.9 Å². The lowest BCUT2D eigenvalue weighted by Gasteiger charge is -2.32. The van der Waals surface area contributed by atoms with Crippen LogP contribution in [0.25, 0.3) is 59.8 Å². The van der Waals surface area contributed by atoms with Crippen molar-refractivity contribution in [3.8, 4) is 5.69 Å². The minimum absolute atomic E-state index is 0.396. The molecule has 0 aliphatic carbocycles. The van der Waals surface area contributed by atoms with Crippen molar-refractivity contribution in [2.75, 3.05) is 0 Å². The van der Waals surface area contributed by atoms with Gasteiger partial charge >= 0.3 is 7.12 Å². The first-order chi connectivity index (χ1) is 19.3. The van der Waals surface area contributed by atoms with Crippen LogP contribution in [0.1, 0.15) is 27.7 Å². The highest BCUT2D eigenvalue weighted by Crippen LogP contribution is 2.41. The summed E-state index contributed by atoms with van der Waals surface area (Å²) in [6.07, 6.45) is 0. The third kappa shape index (κ3) is 3.27. The van der Waals surface area contributed by atoms with Gasteiger partial charge in [0, 0.05) is 21.5 Å². The predicted molar refractivity (Wildman–Crippen MR) is 169 cm³/mol. The molecule has 1 aliphatic rings. The first-order valence-electron chi connectivity index (χ1n) is 14.0. The molecule has 1 fully saturated rings. The Morgan fingerprint density at radius 2 is 1.15 bits per heavy atom. The number of rotatable bonds is 2. The van der Waals surface area contributed by atoms with E-state index in [1.54, 1.807) is 0 Å². The molecule has 0 bridgehead atoms. The number of aromatic nitrogens is 1. The molecule has 1 aromatic heterocycles. The molecule has 0 amide bonds. The molecule has 0 spiro atoms. The van der Waals surface area contributed by atoms with E-state index in [0.29, 0.717) is 0 Å². The molecule has 0 atom stereocenters. The summed E-state index contributed by atoms with van der Waals surface area (Å²) < 4.78 is 15.5. The van der Waals surface area contributed by atoms with Gasteiger partial charge in [-0.2, -0.15) is 0 Å². The van der Waals surface area contributed by atoms with E-state index in [-0.39, 0.29) is 0 Å². The van der Waals surface area contributed by atoms with Gasteiger partial charge in [0.25, 0.3) is 0 Å². The maximum Gasteiger partial charge on any atom is 0.495 e. The molecule has 1 aliphatic heterocycles. The Hall–Kier alpha value is -4.12. The molecule has 2 heterocycles. The van der Waals surface area contributed by atoms with E-state index < -0.39 is 18.3 Å². The molecule has 3 nitrogen and oxygen atoms in total. The van der Waals surface area contributed by atoms with E-state index in [1.165, 1.54) is 59.8 Å². The third-order valence-corrected chi connectivity index (χ3v) is 9.20. The van der Waals surface area contributed by atoms with Crippen molar-refractivity contribution in [1.29, 1.82) is 0 Å². The minimum Gasteiger partial charge on any atom is -0.399 e. The molecule has 4 heteroatoms. The quantitative estimate of drug-likeness (QED) is 0.214. The lowest BCUT2D eigenvalue weighted by molar-refractivity contribution is 0.00578. The summed E-state index contributed by atoms with van der Waals surface area (Å²) in [5.41, 5.74) is 3.90. The van der Waals surface area contributed by atoms with E-state index in [2.05, 4.69) is 141 Å². The van der Waals surface area contributed by atoms with Gasteiger partial charge in [0.2, 0.25) is 0 Å². The Balaban J connectivity index is 1.50. The second-order valence-corrected chi connectivity index (χ2v) is 12.0. The second-order valence-electron chi connectivity index (χ2n) is 12.0. The molecule has 7 aromatic rings. The van der Waals surface area contributed by atoms with Crippen molar-refractivity contribution < 1.29 is 9.31 Å². The first-order valence-corrected chi connectivity index (χ1v) is 14.0. The Kier molecular flexibility index (Phi) is 4.87. The number of hydrogen-bond acceptors (Lipinski definition) is 2. The standard InChI is InChI=1S/C36H30BNO2/c1-35(2)36(3,4)40-37(39-35)31-17-9-14-25-21-33-30(22-29(25)31)28-20-19-24-12-6-8-16-27(24)34(28)38(33)32-18-10-13-23-11-5-7-15-26(23)32/h5-22H,1-4H3. The maximum absolute atomic E-state index is 6.51. The molecule has 0 N–H and O–H groups in total. The van der Waals surface area contributed by atoms with E-state index in [4.69, 9.17) is 9.31 Å². The van der Waals surface area contributed by atoms with Crippen LogP contribution in [0.2, 0.25) is 0 Å². The van der Waals surface area contributed by atoms with Crippen LogP contribution in [0, 0.1) is 0 Å². The number of nitrogens with zero attached hydrogens (tertiary/aromatic N) is 1. The van der Waals surface area contributed by atoms with Crippen LogP contribution in [0.3, 0.4) is 0 Å². The molecule has 6 aromatic carbocycles. The first kappa shape index (κ1) is 23.7. The summed E-state index contributed by atoms with van der Waals surface area (Å²) in [5, 5.41) is 9.77. The average Bonchev–Trinajstić information content (AvgIpc) is 3.39. The van der Waals surface area contributed by atoms with Crippen molar-refractivity contribution in [3.05, 3.63) is 109 Å². The van der Waals surface area contributed by atoms with Crippen LogP contribution in [-0.4, -0.2) is 22.9 Å². The van der Waals surface area contributed by atoms with Crippen LogP contribution in [0.15, 0.2) is 109 Å². The zero-order valence-corrected chi connectivity index (χ0v) is 23.2. The lowest BCUT2D eigenvalue weighted by atomic mass is 9.76. The third-order valence-electron chi connectivity index (χ3n) is 9.20. The minimum atomic E-state index is -0.418. The fourth-order valence-corrected chi connectivity index (χ4v) is 6.40. The molecule has 0 unspecified atom stereocenters. The molecule has 0 saturated carbocycles. The van der Waals surface area contributed by atoms with Crippen LogP contribution in [-0.2, 0) is 9.31 Å². The van der Waals surface area contributed by atoms with Gasteiger partial charge in [-0.25, -0.2) is 0 Å². The lowest BCUT2D eigenvalue weighted by Crippen LogP contribution is -2.41. The van der Waals surface area contributed by atoms with E-state index >= 15 is 0 Å². The average molecular weight is 519 g/mol. The molecular weight excluding hydrogens is 489 g/mol. The zero-order chi connectivity index (χ0) is 27.2. The predicted octanol–water partition coefficient (Wildman–Crippen LogP) is 8.54. The number of hydrogen-bond donors (Lipinski definition) is 0. The van der Waals surface area contributed by atoms with Gasteiger partial charge in [0.05, 0.1) is 27.9 Å². The summed E-state index contributed by atoms with van der Waals surface area (Å²) in [4.78, 5) is 0. The highest BCUT2D eigenvalue weighted by Gasteiger charge is 2.52. The molecule has 8 rings (SSSR count). The second kappa shape index (κ2) is 8.20. The van der Waals surface area contributed by atoms with Crippen LogP contribution < -0.4 is 5.46 Å². The maximum atomic E-state index is 6.51. The number of fused-ring (bicyclic) bond motifs is 7. The molecule has 40 heavy (non-hydrogen) atoms. The van der Waals surface area contributed by atoms with Crippen LogP contribution in [0.4, 0.5) is 0 Å². The monoisotopic (exact) mass is 519 g/mol. The summed E-state index contributed by atoms with van der Waals surface area (Å²) in [7, 11) is -0.418. The van der Waals surface area contributed by atoms with E-state index in [9.17, 15) is 0 Å². The van der Waals surface area contributed by atoms with Gasteiger partial charge in [-0.15, -0.1) is 0 Å². The Bertz CT molecular complexity index is 2120. The highest BCUT2D eigenvalue weighted by atomic mass is 16.7. The van der Waals surface area contributed by atoms with Crippen molar-refractivity contribution >= 4 is 66.7 Å². The summed E-state index contributed by atoms with van der Waals surface area (Å²) in [5.74, 6) is 0. The smallest absolute Gasteiger partial charge is 0.399 e. The van der Waals surface area contributed by atoms with Crippen LogP contribution in [0.5, 0.6) is 0 Å². The van der Waals surface area contributed by atoms with Gasteiger partial charge in [-0.3, -0.25) is 0 Å². The summed E-state index contributed by atoms with van der Waals surface area (Å²) >= 11 is 0. The fourth-order valence-electron chi connectivity index (χ4n) is 6.40. The van der Waals surface area contributed by atoms with Gasteiger partial charge in [0.1, 0.15) is 0 Å². The van der Waals surface area contributed by atoms with Crippen molar-refractivity contribution in [2.24, 2.45) is 0 Å². The summed E-state index contributed by atoms with van der Waals surface area (Å²) in [6.45, 7) is 8.44.